The molecule has 3 nitrogen and oxygen atoms in total. The maximum Gasteiger partial charge on any atom is 0.0996 e. The first-order valence-corrected chi connectivity index (χ1v) is 5.72. The molecular weight excluding hydrogens is 174 g/mol. The Bertz CT molecular complexity index is 235. The van der Waals surface area contributed by atoms with Crippen molar-refractivity contribution in [1.29, 1.82) is 0 Å². The van der Waals surface area contributed by atoms with Gasteiger partial charge >= 0.3 is 0 Å². The summed E-state index contributed by atoms with van der Waals surface area (Å²) in [5.41, 5.74) is 0. The first-order chi connectivity index (χ1) is 6.70. The summed E-state index contributed by atoms with van der Waals surface area (Å²) < 4.78 is 0. The first kappa shape index (κ1) is 9.97. The highest BCUT2D eigenvalue weighted by Crippen LogP contribution is 2.26. The summed E-state index contributed by atoms with van der Waals surface area (Å²) in [5, 5.41) is 6.94. The summed E-state index contributed by atoms with van der Waals surface area (Å²) in [4.78, 5) is 4.76. The maximum atomic E-state index is 4.76. The highest BCUT2D eigenvalue weighted by Gasteiger charge is 2.34. The molecule has 3 heteroatoms. The molecule has 1 aliphatic carbocycles. The molecule has 0 radical (unpaired) electrons. The van der Waals surface area contributed by atoms with Crippen LogP contribution in [0.2, 0.25) is 0 Å². The molecule has 1 heterocycles. The molecule has 2 aliphatic rings. The summed E-state index contributed by atoms with van der Waals surface area (Å²) >= 11 is 0. The van der Waals surface area contributed by atoms with Gasteiger partial charge in [-0.25, -0.2) is 0 Å². The second-order valence-corrected chi connectivity index (χ2v) is 4.79. The van der Waals surface area contributed by atoms with Crippen molar-refractivity contribution in [2.75, 3.05) is 7.05 Å². The van der Waals surface area contributed by atoms with Crippen LogP contribution >= 0.6 is 0 Å². The smallest absolute Gasteiger partial charge is 0.0996 e. The summed E-state index contributed by atoms with van der Waals surface area (Å²) in [5.74, 6) is 1.77. The van der Waals surface area contributed by atoms with Gasteiger partial charge in [-0.2, -0.15) is 0 Å². The summed E-state index contributed by atoms with van der Waals surface area (Å²) in [6.07, 6.45) is 3.73. The number of hydrogen-bond donors (Lipinski definition) is 2. The molecule has 1 saturated carbocycles. The van der Waals surface area contributed by atoms with Gasteiger partial charge in [0.05, 0.1) is 17.9 Å². The topological polar surface area (TPSA) is 36.4 Å². The fraction of sp³-hybridized carbons (Fsp3) is 0.909. The van der Waals surface area contributed by atoms with E-state index >= 15 is 0 Å². The number of aliphatic imine (C=N–C) groups is 1. The second kappa shape index (κ2) is 3.89. The van der Waals surface area contributed by atoms with Crippen LogP contribution in [0.3, 0.4) is 0 Å². The van der Waals surface area contributed by atoms with Gasteiger partial charge in [-0.15, -0.1) is 0 Å². The van der Waals surface area contributed by atoms with Crippen LogP contribution in [-0.2, 0) is 0 Å². The van der Waals surface area contributed by atoms with Gasteiger partial charge in [-0.05, 0) is 26.3 Å². The molecule has 80 valence electrons. The van der Waals surface area contributed by atoms with Gasteiger partial charge in [0.25, 0.3) is 0 Å². The number of rotatable bonds is 2. The number of nitrogens with one attached hydrogen (secondary N) is 2. The number of fused-ring (bicyclic) bond motifs is 1. The van der Waals surface area contributed by atoms with Crippen LogP contribution in [0.25, 0.3) is 0 Å². The second-order valence-electron chi connectivity index (χ2n) is 4.79. The molecule has 3 unspecified atom stereocenters. The molecule has 0 aromatic heterocycles. The fourth-order valence-corrected chi connectivity index (χ4v) is 2.45. The molecule has 0 amide bonds. The van der Waals surface area contributed by atoms with E-state index in [9.17, 15) is 0 Å². The van der Waals surface area contributed by atoms with Crippen LogP contribution in [0.1, 0.15) is 33.1 Å². The van der Waals surface area contributed by atoms with Crippen molar-refractivity contribution in [3.63, 3.8) is 0 Å². The van der Waals surface area contributed by atoms with E-state index in [0.717, 1.165) is 0 Å². The zero-order valence-corrected chi connectivity index (χ0v) is 9.38. The van der Waals surface area contributed by atoms with Gasteiger partial charge in [0, 0.05) is 12.0 Å². The highest BCUT2D eigenvalue weighted by molar-refractivity contribution is 5.86. The van der Waals surface area contributed by atoms with Gasteiger partial charge in [-0.1, -0.05) is 13.8 Å². The Kier molecular flexibility index (Phi) is 2.77. The number of hydrogen-bond acceptors (Lipinski definition) is 3. The molecule has 2 N–H and O–H groups in total. The third-order valence-electron chi connectivity index (χ3n) is 3.41. The lowest BCUT2D eigenvalue weighted by atomic mass is 9.88. The minimum atomic E-state index is 0.550. The molecular formula is C11H21N3. The van der Waals surface area contributed by atoms with Gasteiger partial charge in [0.15, 0.2) is 0 Å². The van der Waals surface area contributed by atoms with Gasteiger partial charge in [0.2, 0.25) is 0 Å². The Morgan fingerprint density at radius 3 is 2.86 bits per heavy atom. The van der Waals surface area contributed by atoms with E-state index in [1.807, 2.05) is 0 Å². The Labute approximate surface area is 86.4 Å². The molecule has 1 aliphatic heterocycles. The maximum absolute atomic E-state index is 4.76. The van der Waals surface area contributed by atoms with E-state index in [4.69, 9.17) is 4.99 Å². The van der Waals surface area contributed by atoms with Crippen LogP contribution in [0.5, 0.6) is 0 Å². The third-order valence-corrected chi connectivity index (χ3v) is 3.41. The van der Waals surface area contributed by atoms with Crippen LogP contribution < -0.4 is 10.6 Å². The van der Waals surface area contributed by atoms with Gasteiger partial charge in [-0.3, -0.25) is 4.99 Å². The van der Waals surface area contributed by atoms with E-state index in [1.54, 1.807) is 0 Å². The molecule has 0 aromatic carbocycles. The third kappa shape index (κ3) is 1.78. The Morgan fingerprint density at radius 2 is 2.21 bits per heavy atom. The van der Waals surface area contributed by atoms with Crippen molar-refractivity contribution in [1.82, 2.24) is 10.6 Å². The van der Waals surface area contributed by atoms with Crippen molar-refractivity contribution >= 4 is 5.84 Å². The monoisotopic (exact) mass is 195 g/mol. The Balaban J connectivity index is 1.98. The van der Waals surface area contributed by atoms with Gasteiger partial charge < -0.3 is 10.6 Å². The Morgan fingerprint density at radius 1 is 1.43 bits per heavy atom. The van der Waals surface area contributed by atoms with Crippen molar-refractivity contribution in [2.24, 2.45) is 10.9 Å². The first-order valence-electron chi connectivity index (χ1n) is 5.72. The van der Waals surface area contributed by atoms with Crippen LogP contribution in [-0.4, -0.2) is 31.0 Å². The largest absolute Gasteiger partial charge is 0.369 e. The lowest BCUT2D eigenvalue weighted by molar-refractivity contribution is 0.318. The summed E-state index contributed by atoms with van der Waals surface area (Å²) in [7, 11) is 2.06. The molecule has 3 atom stereocenters. The molecule has 0 spiro atoms. The minimum Gasteiger partial charge on any atom is -0.369 e. The highest BCUT2D eigenvalue weighted by atomic mass is 15.1. The van der Waals surface area contributed by atoms with Crippen LogP contribution in [0.15, 0.2) is 4.99 Å². The Hall–Kier alpha value is -0.570. The fourth-order valence-electron chi connectivity index (χ4n) is 2.45. The predicted octanol–water partition coefficient (Wildman–Crippen LogP) is 1.15. The molecule has 1 fully saturated rings. The lowest BCUT2D eigenvalue weighted by Crippen LogP contribution is -2.45. The van der Waals surface area contributed by atoms with Crippen molar-refractivity contribution in [3.05, 3.63) is 0 Å². The zero-order chi connectivity index (χ0) is 10.1. The quantitative estimate of drug-likeness (QED) is 0.693. The SMILES string of the molecule is CNC1CCC2N=C(C(C)C)NC2C1. The van der Waals surface area contributed by atoms with E-state index in [0.29, 0.717) is 24.0 Å². The van der Waals surface area contributed by atoms with Crippen molar-refractivity contribution < 1.29 is 0 Å². The minimum absolute atomic E-state index is 0.550. The standard InChI is InChI=1S/C11H21N3/c1-7(2)11-13-9-5-4-8(12-3)6-10(9)14-11/h7-10,12H,4-6H2,1-3H3,(H,13,14). The van der Waals surface area contributed by atoms with E-state index in [-0.39, 0.29) is 0 Å². The van der Waals surface area contributed by atoms with E-state index < -0.39 is 0 Å². The molecule has 2 rings (SSSR count). The summed E-state index contributed by atoms with van der Waals surface area (Å²) in [6, 6.07) is 1.83. The molecule has 14 heavy (non-hydrogen) atoms. The average Bonchev–Trinajstić information content (AvgIpc) is 2.59. The number of amidine groups is 1. The van der Waals surface area contributed by atoms with Crippen LogP contribution in [0.4, 0.5) is 0 Å². The van der Waals surface area contributed by atoms with Crippen molar-refractivity contribution in [3.8, 4) is 0 Å². The van der Waals surface area contributed by atoms with E-state index in [2.05, 4.69) is 31.5 Å². The predicted molar refractivity (Wildman–Crippen MR) is 59.7 cm³/mol. The molecule has 0 saturated heterocycles. The zero-order valence-electron chi connectivity index (χ0n) is 9.38. The number of nitrogens with zero attached hydrogens (tertiary/aromatic N) is 1. The molecule has 0 bridgehead atoms. The molecule has 0 aromatic rings. The lowest BCUT2D eigenvalue weighted by Gasteiger charge is -2.30. The van der Waals surface area contributed by atoms with Crippen LogP contribution in [0, 0.1) is 5.92 Å². The summed E-state index contributed by atoms with van der Waals surface area (Å²) in [6.45, 7) is 4.41. The van der Waals surface area contributed by atoms with Crippen molar-refractivity contribution in [2.45, 2.75) is 51.2 Å². The van der Waals surface area contributed by atoms with E-state index in [1.165, 1.54) is 25.1 Å². The van der Waals surface area contributed by atoms with Gasteiger partial charge in [0.1, 0.15) is 0 Å². The average molecular weight is 195 g/mol. The normalized spacial score (nSPS) is 36.6.